The number of hydrogen-bond acceptors (Lipinski definition) is 5. The first-order valence-corrected chi connectivity index (χ1v) is 8.75. The van der Waals surface area contributed by atoms with Crippen molar-refractivity contribution in [1.82, 2.24) is 0 Å². The van der Waals surface area contributed by atoms with Crippen molar-refractivity contribution in [2.45, 2.75) is 57.3 Å². The maximum Gasteiger partial charge on any atom is 0.335 e. The third-order valence-corrected chi connectivity index (χ3v) is 3.19. The fraction of sp³-hybridized carbons (Fsp3) is 0.643. The van der Waals surface area contributed by atoms with Gasteiger partial charge in [-0.25, -0.2) is 23.1 Å². The molecule has 5 nitrogen and oxygen atoms in total. The summed E-state index contributed by atoms with van der Waals surface area (Å²) in [6.07, 6.45) is 2.11. The molecule has 0 saturated carbocycles. The van der Waals surface area contributed by atoms with Crippen molar-refractivity contribution in [3.05, 3.63) is 23.7 Å². The van der Waals surface area contributed by atoms with Crippen LogP contribution in [0.1, 0.15) is 53.1 Å². The van der Waals surface area contributed by atoms with Crippen molar-refractivity contribution >= 4 is 11.8 Å². The van der Waals surface area contributed by atoms with E-state index in [0.29, 0.717) is 0 Å². The molecule has 0 atom stereocenters. The molecule has 0 saturated heterocycles. The van der Waals surface area contributed by atoms with E-state index in [1.165, 1.54) is 4.90 Å². The molecule has 0 amide bonds. The van der Waals surface area contributed by atoms with Crippen molar-refractivity contribution in [2.24, 2.45) is 0 Å². The lowest BCUT2D eigenvalue weighted by molar-refractivity contribution is -2.00. The lowest BCUT2D eigenvalue weighted by Crippen LogP contribution is -2.68. The highest BCUT2D eigenvalue weighted by Crippen LogP contribution is 2.32. The lowest BCUT2D eigenvalue weighted by atomic mass is 9.90. The molecule has 0 bridgehead atoms. The van der Waals surface area contributed by atoms with Crippen molar-refractivity contribution in [3.8, 4) is 0 Å². The Morgan fingerprint density at radius 2 is 1.14 bits per heavy atom. The first kappa shape index (κ1) is 20.6. The molecule has 1 aromatic heterocycles. The van der Waals surface area contributed by atoms with Crippen LogP contribution in [0.5, 0.6) is 0 Å². The predicted octanol–water partition coefficient (Wildman–Crippen LogP) is 0.122. The van der Waals surface area contributed by atoms with Crippen LogP contribution in [-0.2, 0) is 10.8 Å². The van der Waals surface area contributed by atoms with Crippen molar-refractivity contribution in [3.63, 3.8) is 0 Å². The molecule has 0 aliphatic carbocycles. The molecule has 1 rings (SSSR count). The average Bonchev–Trinajstić information content (AvgIpc) is 2.23. The second kappa shape index (κ2) is 7.26. The monoisotopic (exact) mass is 338 g/mol. The minimum atomic E-state index is -4.94. The molecule has 0 aliphatic heterocycles. The first-order chi connectivity index (χ1) is 9.14. The van der Waals surface area contributed by atoms with Crippen LogP contribution in [0.2, 0.25) is 0 Å². The van der Waals surface area contributed by atoms with Crippen molar-refractivity contribution in [2.75, 3.05) is 6.26 Å². The van der Waals surface area contributed by atoms with E-state index in [1.54, 1.807) is 11.8 Å². The summed E-state index contributed by atoms with van der Waals surface area (Å²) in [5, 5.41) is 0. The average molecular weight is 339 g/mol. The number of thioether (sulfide) groups is 1. The summed E-state index contributed by atoms with van der Waals surface area (Å²) < 4.78 is 40.0. The van der Waals surface area contributed by atoms with Crippen LogP contribution in [0.3, 0.4) is 0 Å². The summed E-state index contributed by atoms with van der Waals surface area (Å²) in [7, 11) is -4.94. The van der Waals surface area contributed by atoms with Gasteiger partial charge in [0.15, 0.2) is 0 Å². The second-order valence-corrected chi connectivity index (χ2v) is 8.24. The Bertz CT molecular complexity index is 420. The second-order valence-electron chi connectivity index (χ2n) is 6.60. The van der Waals surface area contributed by atoms with E-state index in [2.05, 4.69) is 59.9 Å². The SMILES string of the molecule is CSc1cc(C(C)(C)C)[o+]c(C(C)(C)C)c1.[O-][Cl+3]([O-])([O-])[O-]. The molecule has 1 heterocycles. The Balaban J connectivity index is 0.000000690. The summed E-state index contributed by atoms with van der Waals surface area (Å²) in [4.78, 5) is 1.28. The van der Waals surface area contributed by atoms with Gasteiger partial charge in [-0.1, -0.05) is 0 Å². The van der Waals surface area contributed by atoms with Crippen LogP contribution in [0.4, 0.5) is 0 Å². The van der Waals surface area contributed by atoms with Gasteiger partial charge in [-0.2, -0.15) is 0 Å². The molecule has 0 fully saturated rings. The van der Waals surface area contributed by atoms with E-state index in [-0.39, 0.29) is 10.8 Å². The van der Waals surface area contributed by atoms with Gasteiger partial charge < -0.3 is 0 Å². The summed E-state index contributed by atoms with van der Waals surface area (Å²) in [5.41, 5.74) is 0.123. The Kier molecular flexibility index (Phi) is 7.13. The van der Waals surface area contributed by atoms with Gasteiger partial charge in [-0.3, -0.25) is 0 Å². The third-order valence-electron chi connectivity index (χ3n) is 2.48. The first-order valence-electron chi connectivity index (χ1n) is 6.29. The zero-order chi connectivity index (χ0) is 17.1. The minimum absolute atomic E-state index is 0.0613. The number of rotatable bonds is 1. The Morgan fingerprint density at radius 1 is 0.857 bits per heavy atom. The summed E-state index contributed by atoms with van der Waals surface area (Å²) in [6.45, 7) is 13.1. The third kappa shape index (κ3) is 9.29. The molecule has 21 heavy (non-hydrogen) atoms. The van der Waals surface area contributed by atoms with Gasteiger partial charge in [0, 0.05) is 4.90 Å². The summed E-state index contributed by atoms with van der Waals surface area (Å²) >= 11 is 1.77. The lowest BCUT2D eigenvalue weighted by Gasteiger charge is -2.17. The van der Waals surface area contributed by atoms with Crippen LogP contribution in [0.25, 0.3) is 0 Å². The van der Waals surface area contributed by atoms with Crippen LogP contribution >= 0.6 is 11.8 Å². The largest absolute Gasteiger partial charge is 0.335 e. The number of hydrogen-bond donors (Lipinski definition) is 0. The van der Waals surface area contributed by atoms with E-state index in [0.717, 1.165) is 11.5 Å². The highest BCUT2D eigenvalue weighted by molar-refractivity contribution is 7.98. The highest BCUT2D eigenvalue weighted by atomic mass is 35.7. The molecule has 0 N–H and O–H groups in total. The smallest absolute Gasteiger partial charge is 0.222 e. The van der Waals surface area contributed by atoms with E-state index in [9.17, 15) is 0 Å². The van der Waals surface area contributed by atoms with Crippen LogP contribution in [0.15, 0.2) is 21.4 Å². The Labute approximate surface area is 132 Å². The van der Waals surface area contributed by atoms with E-state index in [1.807, 2.05) is 0 Å². The van der Waals surface area contributed by atoms with Crippen LogP contribution < -0.4 is 18.6 Å². The topological polar surface area (TPSA) is 104 Å². The van der Waals surface area contributed by atoms with Gasteiger partial charge in [0.1, 0.15) is 0 Å². The van der Waals surface area contributed by atoms with E-state index in [4.69, 9.17) is 23.1 Å². The van der Waals surface area contributed by atoms with Gasteiger partial charge >= 0.3 is 11.5 Å². The molecular formula is C14H23ClO5S. The van der Waals surface area contributed by atoms with Gasteiger partial charge in [0.05, 0.1) is 23.0 Å². The number of halogens is 1. The standard InChI is InChI=1S/C14H23OS.ClHO4/c1-13(2,3)11-8-10(16-7)9-12(15-11)14(4,5)6;2-1(3,4)5/h8-9H,1-7H3;(H,2,3,4,5)/q+1;/p-1. The zero-order valence-electron chi connectivity index (χ0n) is 13.5. The maximum atomic E-state index is 8.49. The molecule has 0 aliphatic rings. The summed E-state index contributed by atoms with van der Waals surface area (Å²) in [5.74, 6) is 2.12. The molecule has 0 unspecified atom stereocenters. The van der Waals surface area contributed by atoms with Gasteiger partial charge in [0.2, 0.25) is 0 Å². The molecule has 1 aromatic rings. The summed E-state index contributed by atoms with van der Waals surface area (Å²) in [6, 6.07) is 4.31. The van der Waals surface area contributed by atoms with E-state index < -0.39 is 10.2 Å². The molecule has 7 heteroatoms. The van der Waals surface area contributed by atoms with Gasteiger partial charge in [0.25, 0.3) is 0 Å². The van der Waals surface area contributed by atoms with Crippen LogP contribution in [-0.4, -0.2) is 6.26 Å². The molecule has 0 radical (unpaired) electrons. The van der Waals surface area contributed by atoms with E-state index >= 15 is 0 Å². The molecular weight excluding hydrogens is 316 g/mol. The zero-order valence-corrected chi connectivity index (χ0v) is 15.1. The normalized spacial score (nSPS) is 12.7. The van der Waals surface area contributed by atoms with Crippen LogP contribution in [0, 0.1) is 10.2 Å². The van der Waals surface area contributed by atoms with Gasteiger partial charge in [-0.15, -0.1) is 22.0 Å². The quantitative estimate of drug-likeness (QED) is 0.532. The molecule has 0 spiro atoms. The molecule has 122 valence electrons. The Hall–Kier alpha value is -0.370. The van der Waals surface area contributed by atoms with Gasteiger partial charge in [-0.05, 0) is 47.8 Å². The fourth-order valence-electron chi connectivity index (χ4n) is 1.33. The highest BCUT2D eigenvalue weighted by Gasteiger charge is 2.33. The Morgan fingerprint density at radius 3 is 1.33 bits per heavy atom. The minimum Gasteiger partial charge on any atom is -0.222 e. The maximum absolute atomic E-state index is 8.49. The van der Waals surface area contributed by atoms with Crippen molar-refractivity contribution in [1.29, 1.82) is 0 Å². The fourth-order valence-corrected chi connectivity index (χ4v) is 1.78. The molecule has 0 aromatic carbocycles. The predicted molar refractivity (Wildman–Crippen MR) is 72.3 cm³/mol. The van der Waals surface area contributed by atoms with Crippen molar-refractivity contribution < 1.29 is 33.3 Å².